The number of aryl methyl sites for hydroxylation is 1. The number of nitrogens with zero attached hydrogens (tertiary/aromatic N) is 2. The second-order valence-corrected chi connectivity index (χ2v) is 6.52. The topological polar surface area (TPSA) is 41.9 Å². The third-order valence-electron chi connectivity index (χ3n) is 3.89. The highest BCUT2D eigenvalue weighted by molar-refractivity contribution is 7.80. The van der Waals surface area contributed by atoms with Gasteiger partial charge in [-0.05, 0) is 51.0 Å². The SMILES string of the molecule is CCC(C)NC(=S)Nc1c(C)nn(Cc2ccccc2Cl)c1C. The molecule has 6 heteroatoms. The van der Waals surface area contributed by atoms with Crippen LogP contribution in [-0.2, 0) is 6.54 Å². The first-order chi connectivity index (χ1) is 10.9. The molecule has 2 rings (SSSR count). The van der Waals surface area contributed by atoms with Gasteiger partial charge in [0.25, 0.3) is 0 Å². The molecular formula is C17H23ClN4S. The lowest BCUT2D eigenvalue weighted by molar-refractivity contribution is 0.645. The van der Waals surface area contributed by atoms with Crippen LogP contribution in [0.5, 0.6) is 0 Å². The van der Waals surface area contributed by atoms with E-state index >= 15 is 0 Å². The maximum atomic E-state index is 6.24. The molecule has 1 unspecified atom stereocenters. The predicted molar refractivity (Wildman–Crippen MR) is 101 cm³/mol. The molecule has 1 heterocycles. The van der Waals surface area contributed by atoms with E-state index in [2.05, 4.69) is 29.6 Å². The lowest BCUT2D eigenvalue weighted by atomic mass is 10.2. The van der Waals surface area contributed by atoms with Crippen molar-refractivity contribution in [2.24, 2.45) is 0 Å². The van der Waals surface area contributed by atoms with Gasteiger partial charge in [-0.1, -0.05) is 36.7 Å². The summed E-state index contributed by atoms with van der Waals surface area (Å²) in [5, 5.41) is 12.5. The zero-order valence-electron chi connectivity index (χ0n) is 14.0. The third kappa shape index (κ3) is 4.45. The zero-order chi connectivity index (χ0) is 17.0. The predicted octanol–water partition coefficient (Wildman–Crippen LogP) is 4.29. The van der Waals surface area contributed by atoms with Gasteiger partial charge in [-0.15, -0.1) is 0 Å². The molecule has 4 nitrogen and oxygen atoms in total. The minimum absolute atomic E-state index is 0.341. The van der Waals surface area contributed by atoms with Crippen molar-refractivity contribution in [2.45, 2.75) is 46.7 Å². The number of benzene rings is 1. The Hall–Kier alpha value is -1.59. The molecule has 0 aliphatic carbocycles. The minimum atomic E-state index is 0.341. The Kier molecular flexibility index (Phi) is 6.02. The van der Waals surface area contributed by atoms with Crippen molar-refractivity contribution in [3.05, 3.63) is 46.2 Å². The second-order valence-electron chi connectivity index (χ2n) is 5.70. The molecule has 2 aromatic rings. The molecule has 0 bridgehead atoms. The number of anilines is 1. The number of aromatic nitrogens is 2. The molecule has 0 fully saturated rings. The van der Waals surface area contributed by atoms with E-state index in [9.17, 15) is 0 Å². The summed E-state index contributed by atoms with van der Waals surface area (Å²) < 4.78 is 1.95. The van der Waals surface area contributed by atoms with Crippen molar-refractivity contribution in [2.75, 3.05) is 5.32 Å². The number of halogens is 1. The molecule has 0 amide bonds. The molecular weight excluding hydrogens is 328 g/mol. The largest absolute Gasteiger partial charge is 0.360 e. The van der Waals surface area contributed by atoms with Crippen LogP contribution in [0.25, 0.3) is 0 Å². The average Bonchev–Trinajstić information content (AvgIpc) is 2.77. The third-order valence-corrected chi connectivity index (χ3v) is 4.48. The van der Waals surface area contributed by atoms with E-state index < -0.39 is 0 Å². The molecule has 0 aliphatic rings. The Labute approximate surface area is 148 Å². The summed E-state index contributed by atoms with van der Waals surface area (Å²) in [7, 11) is 0. The molecule has 0 radical (unpaired) electrons. The Morgan fingerprint density at radius 3 is 2.70 bits per heavy atom. The van der Waals surface area contributed by atoms with E-state index in [0.717, 1.165) is 34.1 Å². The number of rotatable bonds is 5. The van der Waals surface area contributed by atoms with Crippen LogP contribution in [0.2, 0.25) is 5.02 Å². The molecule has 1 atom stereocenters. The lowest BCUT2D eigenvalue weighted by Crippen LogP contribution is -2.35. The van der Waals surface area contributed by atoms with E-state index in [1.54, 1.807) is 0 Å². The quantitative estimate of drug-likeness (QED) is 0.789. The highest BCUT2D eigenvalue weighted by atomic mass is 35.5. The molecule has 23 heavy (non-hydrogen) atoms. The highest BCUT2D eigenvalue weighted by Gasteiger charge is 2.14. The lowest BCUT2D eigenvalue weighted by Gasteiger charge is -2.15. The Morgan fingerprint density at radius 1 is 1.35 bits per heavy atom. The monoisotopic (exact) mass is 350 g/mol. The van der Waals surface area contributed by atoms with Gasteiger partial charge in [-0.2, -0.15) is 5.10 Å². The first kappa shape index (κ1) is 17.8. The van der Waals surface area contributed by atoms with Crippen molar-refractivity contribution >= 4 is 34.6 Å². The van der Waals surface area contributed by atoms with Gasteiger partial charge in [-0.3, -0.25) is 4.68 Å². The van der Waals surface area contributed by atoms with Crippen LogP contribution in [0.15, 0.2) is 24.3 Å². The number of nitrogens with one attached hydrogen (secondary N) is 2. The van der Waals surface area contributed by atoms with E-state index in [1.807, 2.05) is 42.8 Å². The zero-order valence-corrected chi connectivity index (χ0v) is 15.6. The first-order valence-corrected chi connectivity index (χ1v) is 8.56. The Morgan fingerprint density at radius 2 is 2.04 bits per heavy atom. The summed E-state index contributed by atoms with van der Waals surface area (Å²) >= 11 is 11.6. The van der Waals surface area contributed by atoms with Crippen LogP contribution in [-0.4, -0.2) is 20.9 Å². The minimum Gasteiger partial charge on any atom is -0.360 e. The number of hydrogen-bond acceptors (Lipinski definition) is 2. The summed E-state index contributed by atoms with van der Waals surface area (Å²) in [5.74, 6) is 0. The normalized spacial score (nSPS) is 12.0. The van der Waals surface area contributed by atoms with Crippen molar-refractivity contribution in [1.29, 1.82) is 0 Å². The van der Waals surface area contributed by atoms with Crippen molar-refractivity contribution < 1.29 is 0 Å². The van der Waals surface area contributed by atoms with Gasteiger partial charge in [-0.25, -0.2) is 0 Å². The van der Waals surface area contributed by atoms with Crippen LogP contribution in [0.4, 0.5) is 5.69 Å². The number of hydrogen-bond donors (Lipinski definition) is 2. The smallest absolute Gasteiger partial charge is 0.171 e. The van der Waals surface area contributed by atoms with Crippen LogP contribution in [0.1, 0.15) is 37.2 Å². The van der Waals surface area contributed by atoms with E-state index in [4.69, 9.17) is 23.8 Å². The van der Waals surface area contributed by atoms with Crippen LogP contribution >= 0.6 is 23.8 Å². The fourth-order valence-electron chi connectivity index (χ4n) is 2.30. The van der Waals surface area contributed by atoms with Gasteiger partial charge in [0.1, 0.15) is 0 Å². The standard InChI is InChI=1S/C17H23ClN4S/c1-5-11(2)19-17(23)20-16-12(3)21-22(13(16)4)10-14-8-6-7-9-15(14)18/h6-9,11H,5,10H2,1-4H3,(H2,19,20,23). The molecule has 0 saturated carbocycles. The summed E-state index contributed by atoms with van der Waals surface area (Å²) in [5.41, 5.74) is 3.96. The Bertz CT molecular complexity index is 696. The maximum Gasteiger partial charge on any atom is 0.171 e. The first-order valence-electron chi connectivity index (χ1n) is 7.77. The van der Waals surface area contributed by atoms with Crippen LogP contribution in [0.3, 0.4) is 0 Å². The number of thiocarbonyl (C=S) groups is 1. The van der Waals surface area contributed by atoms with Crippen molar-refractivity contribution in [1.82, 2.24) is 15.1 Å². The summed E-state index contributed by atoms with van der Waals surface area (Å²) in [6, 6.07) is 8.17. The van der Waals surface area contributed by atoms with Crippen molar-refractivity contribution in [3.8, 4) is 0 Å². The second kappa shape index (κ2) is 7.79. The van der Waals surface area contributed by atoms with E-state index in [-0.39, 0.29) is 0 Å². The molecule has 124 valence electrons. The molecule has 1 aromatic heterocycles. The fourth-order valence-corrected chi connectivity index (χ4v) is 2.79. The fraction of sp³-hybridized carbons (Fsp3) is 0.412. The average molecular weight is 351 g/mol. The molecule has 0 aliphatic heterocycles. The highest BCUT2D eigenvalue weighted by Crippen LogP contribution is 2.22. The summed E-state index contributed by atoms with van der Waals surface area (Å²) in [6.45, 7) is 8.88. The summed E-state index contributed by atoms with van der Waals surface area (Å²) in [6.07, 6.45) is 1.02. The van der Waals surface area contributed by atoms with Gasteiger partial charge in [0.05, 0.1) is 23.6 Å². The van der Waals surface area contributed by atoms with Gasteiger partial charge in [0.15, 0.2) is 5.11 Å². The Balaban J connectivity index is 2.16. The molecule has 0 spiro atoms. The van der Waals surface area contributed by atoms with Gasteiger partial charge >= 0.3 is 0 Å². The van der Waals surface area contributed by atoms with E-state index in [0.29, 0.717) is 17.7 Å². The van der Waals surface area contributed by atoms with Gasteiger partial charge in [0, 0.05) is 11.1 Å². The maximum absolute atomic E-state index is 6.24. The molecule has 1 aromatic carbocycles. The van der Waals surface area contributed by atoms with Gasteiger partial charge in [0.2, 0.25) is 0 Å². The molecule has 0 saturated heterocycles. The van der Waals surface area contributed by atoms with Crippen LogP contribution in [0, 0.1) is 13.8 Å². The van der Waals surface area contributed by atoms with E-state index in [1.165, 1.54) is 0 Å². The summed E-state index contributed by atoms with van der Waals surface area (Å²) in [4.78, 5) is 0. The van der Waals surface area contributed by atoms with Crippen molar-refractivity contribution in [3.63, 3.8) is 0 Å². The van der Waals surface area contributed by atoms with Crippen LogP contribution < -0.4 is 10.6 Å². The van der Waals surface area contributed by atoms with Gasteiger partial charge < -0.3 is 10.6 Å². The molecule has 2 N–H and O–H groups in total.